The van der Waals surface area contributed by atoms with Gasteiger partial charge >= 0.3 is 78.1 Å². The summed E-state index contributed by atoms with van der Waals surface area (Å²) >= 11 is 71.7. The number of hydrogen-bond donors (Lipinski definition) is 3. The number of amides is 2. The summed E-state index contributed by atoms with van der Waals surface area (Å²) in [4.78, 5) is 25.6. The number of alkyl halides is 11. The molecule has 0 aliphatic heterocycles. The number of rotatable bonds is 6. The first-order valence-corrected chi connectivity index (χ1v) is 26.8. The van der Waals surface area contributed by atoms with Gasteiger partial charge in [0, 0.05) is 31.8 Å². The van der Waals surface area contributed by atoms with E-state index in [1.54, 1.807) is 5.32 Å². The van der Waals surface area contributed by atoms with Gasteiger partial charge in [0.1, 0.15) is 5.17 Å². The molecule has 3 aromatic carbocycles. The van der Waals surface area contributed by atoms with Gasteiger partial charge in [0.25, 0.3) is 11.8 Å². The number of hydrogen-bond acceptors (Lipinski definition) is 4. The average Bonchev–Trinajstić information content (AvgIpc) is 3.03. The molecular weight excluding hydrogens is 1140 g/mol. The van der Waals surface area contributed by atoms with Crippen molar-refractivity contribution in [3.8, 4) is 0 Å². The van der Waals surface area contributed by atoms with E-state index in [1.807, 2.05) is 0 Å². The first-order valence-electron chi connectivity index (χ1n) is 13.6. The zero-order valence-corrected chi connectivity index (χ0v) is 39.3. The maximum atomic E-state index is 12.1. The van der Waals surface area contributed by atoms with Crippen LogP contribution in [0.15, 0.2) is 77.8 Å². The fourth-order valence-corrected chi connectivity index (χ4v) is 3.45. The molecule has 0 aliphatic carbocycles. The van der Waals surface area contributed by atoms with Crippen LogP contribution in [0.4, 0.5) is 39.5 Å². The predicted octanol–water partition coefficient (Wildman–Crippen LogP) is 16.8. The minimum absolute atomic E-state index is 0.0206. The first kappa shape index (κ1) is 60.6. The van der Waals surface area contributed by atoms with Crippen molar-refractivity contribution < 1.29 is 54.2 Å². The molecule has 330 valence electrons. The average molecular weight is 1160 g/mol. The van der Waals surface area contributed by atoms with E-state index < -0.39 is 56.9 Å². The maximum absolute atomic E-state index is 12.1. The van der Waals surface area contributed by atoms with Gasteiger partial charge in [-0.05, 0) is 60.7 Å². The van der Waals surface area contributed by atoms with E-state index in [2.05, 4.69) is 4.99 Å². The van der Waals surface area contributed by atoms with E-state index >= 15 is 0 Å². The number of benzene rings is 3. The van der Waals surface area contributed by atoms with Gasteiger partial charge in [0.2, 0.25) is 17.2 Å². The molecule has 2 amide bonds. The molecule has 0 bridgehead atoms. The third-order valence-electron chi connectivity index (χ3n) is 4.92. The molecule has 58 heavy (non-hydrogen) atoms. The molecule has 6 nitrogen and oxygen atoms in total. The third kappa shape index (κ3) is 33.1. The largest absolute Gasteiger partial charge is 0.433 e. The van der Waals surface area contributed by atoms with Gasteiger partial charge in [-0.3, -0.25) is 9.59 Å². The fourth-order valence-electron chi connectivity index (χ4n) is 2.61. The Morgan fingerprint density at radius 1 is 0.586 bits per heavy atom. The Kier molecular flexibility index (Phi) is 28.2. The predicted molar refractivity (Wildman–Crippen MR) is 226 cm³/mol. The number of aliphatic hydroxyl groups is 1. The summed E-state index contributed by atoms with van der Waals surface area (Å²) < 4.78 is 104. The molecule has 3 atom stereocenters. The topological polar surface area (TPSA) is 90.8 Å². The fraction of sp³-hybridized carbons (Fsp3) is 0.222. The molecular formula is C27H18Cl14F9N3O3P2. The minimum atomic E-state index is -4.89. The molecule has 3 N–H and O–H groups in total. The van der Waals surface area contributed by atoms with Gasteiger partial charge in [-0.15, -0.1) is 0 Å². The van der Waals surface area contributed by atoms with Crippen LogP contribution in [0.5, 0.6) is 0 Å². The Hall–Kier alpha value is 0.520. The van der Waals surface area contributed by atoms with Crippen LogP contribution >= 0.6 is 169 Å². The maximum Gasteiger partial charge on any atom is 0.433 e. The smallest absolute Gasteiger partial charge is 0.366 e. The minimum Gasteiger partial charge on any atom is -0.366 e. The van der Waals surface area contributed by atoms with Crippen LogP contribution in [0.3, 0.4) is 0 Å². The van der Waals surface area contributed by atoms with Gasteiger partial charge in [0.15, 0.2) is 5.98 Å². The van der Waals surface area contributed by atoms with Gasteiger partial charge in [-0.2, -0.15) is 39.5 Å². The molecule has 0 fully saturated rings. The van der Waals surface area contributed by atoms with E-state index in [-0.39, 0.29) is 16.3 Å². The molecule has 31 heteroatoms. The van der Waals surface area contributed by atoms with E-state index in [1.165, 1.54) is 78.1 Å². The van der Waals surface area contributed by atoms with Crippen molar-refractivity contribution in [3.05, 3.63) is 105 Å². The second-order valence-corrected chi connectivity index (χ2v) is 33.6. The standard InChI is InChI=1S/C9H5Cl3F3N.C9H6Cl2F3NO.C9H7ClF3NO2.Cl5P.Cl3P/c10-6-3-1-5(2-4-6)7(11)16-8(12)9(13,14)15;10-6-3-1-5(2-4-6)7(16)15-8(11)9(12,13)14;10-6-3-1-5(2-4-6)7(15)14-8(16)9(11,12)13;1-6(2,3,4)5;1-4(2)3/h1-4,8H;1-4,8H,(H,15,16);1-4,8,16H,(H,14,15);;. The van der Waals surface area contributed by atoms with Gasteiger partial charge in [-0.25, -0.2) is 4.99 Å². The van der Waals surface area contributed by atoms with Crippen molar-refractivity contribution in [3.63, 3.8) is 0 Å². The zero-order chi connectivity index (χ0) is 46.1. The molecule has 0 aliphatic rings. The van der Waals surface area contributed by atoms with Crippen LogP contribution in [0.25, 0.3) is 0 Å². The Balaban J connectivity index is 0. The Bertz CT molecular complexity index is 1640. The molecule has 0 radical (unpaired) electrons. The molecule has 3 aromatic rings. The van der Waals surface area contributed by atoms with Crippen molar-refractivity contribution >= 4 is 186 Å². The monoisotopic (exact) mass is 1150 g/mol. The second kappa shape index (κ2) is 27.0. The molecule has 0 saturated carbocycles. The van der Waals surface area contributed by atoms with Crippen LogP contribution in [0.1, 0.15) is 26.3 Å². The molecule has 0 spiro atoms. The summed E-state index contributed by atoms with van der Waals surface area (Å²) in [7, 11) is 0. The Labute approximate surface area is 392 Å². The quantitative estimate of drug-likeness (QED) is 0.0574. The number of halogens is 23. The number of nitrogens with one attached hydrogen (secondary N) is 2. The van der Waals surface area contributed by atoms with Crippen molar-refractivity contribution in [2.75, 3.05) is 0 Å². The molecule has 0 heterocycles. The third-order valence-corrected chi connectivity index (χ3v) is 6.69. The van der Waals surface area contributed by atoms with Crippen LogP contribution in [0.2, 0.25) is 15.1 Å². The summed E-state index contributed by atoms with van der Waals surface area (Å²) in [6, 6.07) is 16.5. The van der Waals surface area contributed by atoms with Gasteiger partial charge in [-0.1, -0.05) is 115 Å². The van der Waals surface area contributed by atoms with E-state index in [0.717, 1.165) is 0 Å². The number of carbonyl (C=O) groups excluding carboxylic acids is 2. The molecule has 3 unspecified atom stereocenters. The summed E-state index contributed by atoms with van der Waals surface area (Å²) in [6.07, 6.45) is -17.1. The Morgan fingerprint density at radius 3 is 1.12 bits per heavy atom. The van der Waals surface area contributed by atoms with Crippen molar-refractivity contribution in [1.29, 1.82) is 0 Å². The number of nitrogens with zero attached hydrogens (tertiary/aromatic N) is 1. The van der Waals surface area contributed by atoms with E-state index in [0.29, 0.717) is 20.6 Å². The van der Waals surface area contributed by atoms with E-state index in [9.17, 15) is 49.1 Å². The summed E-state index contributed by atoms with van der Waals surface area (Å²) in [5.41, 5.74) is -4.40. The van der Waals surface area contributed by atoms with Crippen LogP contribution in [0, 0.1) is 0 Å². The first-order chi connectivity index (χ1) is 25.9. The molecule has 3 rings (SSSR count). The normalized spacial score (nSPS) is 14.1. The SMILES string of the molecule is ClP(Cl)(Cl)(Cl)Cl.ClP(Cl)Cl.FC(F)(F)C(Cl)N=C(Cl)c1ccc(Cl)cc1.O=C(NC(Cl)C(F)(F)F)c1ccc(Cl)cc1.O=C(NC(O)C(F)(F)F)c1ccc(Cl)cc1. The summed E-state index contributed by atoms with van der Waals surface area (Å²) in [6.45, 7) is 0. The second-order valence-electron chi connectivity index (χ2n) is 9.44. The van der Waals surface area contributed by atoms with Crippen molar-refractivity contribution in [1.82, 2.24) is 10.6 Å². The molecule has 0 saturated heterocycles. The molecule has 0 aromatic heterocycles. The summed E-state index contributed by atoms with van der Waals surface area (Å²) in [5.74, 6) is -3.14. The Morgan fingerprint density at radius 2 is 0.862 bits per heavy atom. The van der Waals surface area contributed by atoms with Gasteiger partial charge in [0.05, 0.1) is 0 Å². The van der Waals surface area contributed by atoms with Gasteiger partial charge < -0.3 is 15.7 Å². The number of carbonyl (C=O) groups is 2. The van der Waals surface area contributed by atoms with Crippen molar-refractivity contribution in [2.24, 2.45) is 4.99 Å². The van der Waals surface area contributed by atoms with Crippen LogP contribution in [-0.4, -0.2) is 57.9 Å². The zero-order valence-electron chi connectivity index (χ0n) is 27.0. The summed E-state index contributed by atoms with van der Waals surface area (Å²) in [5, 5.41) is 12.5. The van der Waals surface area contributed by atoms with Crippen LogP contribution < -0.4 is 10.6 Å². The number of aliphatic imine (C=N–C) groups is 1. The van der Waals surface area contributed by atoms with Crippen molar-refractivity contribution in [2.45, 2.75) is 35.8 Å². The van der Waals surface area contributed by atoms with E-state index in [4.69, 9.17) is 165 Å². The number of aliphatic hydroxyl groups excluding tert-OH is 1. The van der Waals surface area contributed by atoms with Crippen LogP contribution in [-0.2, 0) is 0 Å².